The van der Waals surface area contributed by atoms with E-state index in [-0.39, 0.29) is 36.0 Å². The lowest BCUT2D eigenvalue weighted by atomic mass is 9.95. The quantitative estimate of drug-likeness (QED) is 0.292. The Hall–Kier alpha value is -3.84. The van der Waals surface area contributed by atoms with Crippen molar-refractivity contribution in [3.05, 3.63) is 45.6 Å². The first kappa shape index (κ1) is 32.7. The Morgan fingerprint density at radius 1 is 1.02 bits per heavy atom. The summed E-state index contributed by atoms with van der Waals surface area (Å²) in [5.41, 5.74) is 3.12. The van der Waals surface area contributed by atoms with Gasteiger partial charge in [-0.15, -0.1) is 0 Å². The number of benzene rings is 1. The minimum atomic E-state index is -3.39. The van der Waals surface area contributed by atoms with Crippen LogP contribution in [0.1, 0.15) is 43.4 Å². The van der Waals surface area contributed by atoms with Crippen LogP contribution in [0, 0.1) is 0 Å². The van der Waals surface area contributed by atoms with Gasteiger partial charge >= 0.3 is 0 Å². The minimum absolute atomic E-state index is 0.0224. The van der Waals surface area contributed by atoms with Gasteiger partial charge in [0.2, 0.25) is 33.0 Å². The molecular weight excluding hydrogens is 564 g/mol. The van der Waals surface area contributed by atoms with Crippen LogP contribution in [-0.2, 0) is 26.0 Å². The second-order valence-electron chi connectivity index (χ2n) is 10.1. The molecule has 13 heteroatoms. The second-order valence-corrected chi connectivity index (χ2v) is 12.4. The molecule has 230 valence electrons. The van der Waals surface area contributed by atoms with Crippen molar-refractivity contribution in [1.29, 1.82) is 0 Å². The lowest BCUT2D eigenvalue weighted by Crippen LogP contribution is -2.34. The fourth-order valence-corrected chi connectivity index (χ4v) is 5.64. The first-order valence-corrected chi connectivity index (χ1v) is 15.2. The zero-order valence-electron chi connectivity index (χ0n) is 25.0. The average Bonchev–Trinajstić information content (AvgIpc) is 3.18. The number of aryl methyl sites for hydroxylation is 1. The highest BCUT2D eigenvalue weighted by molar-refractivity contribution is 7.89. The van der Waals surface area contributed by atoms with Gasteiger partial charge in [-0.1, -0.05) is 6.07 Å². The van der Waals surface area contributed by atoms with Crippen LogP contribution in [0.2, 0.25) is 0 Å². The van der Waals surface area contributed by atoms with E-state index in [1.807, 2.05) is 12.1 Å². The first-order valence-electron chi connectivity index (χ1n) is 13.6. The van der Waals surface area contributed by atoms with E-state index in [1.165, 1.54) is 34.2 Å². The highest BCUT2D eigenvalue weighted by atomic mass is 32.2. The standard InChI is InChI=1S/C29H40N4O8S/c1-18(34)32-22-11-9-19-16-25(39-4)28(40-5)29(41-6)27(19)20-10-12-23(24(35)17-21(20)22)30-13-7-8-26(36)31-14-15-42(37,38)33(2)3/h10,12,16-17,22H,7-9,11,13-15H2,1-6H3,(H,30,35)(H,31,36)(H,32,34)/t22-/m0/s1. The molecule has 0 spiro atoms. The van der Waals surface area contributed by atoms with E-state index < -0.39 is 16.1 Å². The van der Waals surface area contributed by atoms with Crippen molar-refractivity contribution in [3.63, 3.8) is 0 Å². The normalized spacial score (nSPS) is 14.2. The minimum Gasteiger partial charge on any atom is -0.493 e. The van der Waals surface area contributed by atoms with Crippen molar-refractivity contribution in [2.75, 3.05) is 59.6 Å². The Morgan fingerprint density at radius 3 is 2.36 bits per heavy atom. The Bertz CT molecular complexity index is 1480. The number of carbonyl (C=O) groups is 2. The lowest BCUT2D eigenvalue weighted by Gasteiger charge is -2.19. The van der Waals surface area contributed by atoms with Crippen molar-refractivity contribution in [2.24, 2.45) is 0 Å². The van der Waals surface area contributed by atoms with Crippen LogP contribution in [-0.4, -0.2) is 78.8 Å². The Morgan fingerprint density at radius 2 is 1.74 bits per heavy atom. The van der Waals surface area contributed by atoms with E-state index in [0.717, 1.165) is 21.0 Å². The van der Waals surface area contributed by atoms with Crippen molar-refractivity contribution in [3.8, 4) is 28.4 Å². The number of rotatable bonds is 13. The monoisotopic (exact) mass is 604 g/mol. The number of hydrogen-bond acceptors (Lipinski definition) is 9. The molecule has 1 atom stereocenters. The predicted octanol–water partition coefficient (Wildman–Crippen LogP) is 2.06. The highest BCUT2D eigenvalue weighted by Gasteiger charge is 2.29. The van der Waals surface area contributed by atoms with E-state index >= 15 is 0 Å². The summed E-state index contributed by atoms with van der Waals surface area (Å²) in [7, 11) is 4.11. The smallest absolute Gasteiger partial charge is 0.220 e. The molecule has 42 heavy (non-hydrogen) atoms. The number of nitrogens with zero attached hydrogens (tertiary/aromatic N) is 1. The van der Waals surface area contributed by atoms with Crippen LogP contribution in [0.4, 0.5) is 5.69 Å². The molecule has 0 heterocycles. The van der Waals surface area contributed by atoms with Crippen LogP contribution in [0.15, 0.2) is 29.1 Å². The summed E-state index contributed by atoms with van der Waals surface area (Å²) in [5, 5.41) is 8.70. The Kier molecular flexibility index (Phi) is 11.2. The second kappa shape index (κ2) is 14.4. The van der Waals surface area contributed by atoms with Crippen LogP contribution in [0.5, 0.6) is 17.2 Å². The molecule has 2 amide bonds. The van der Waals surface area contributed by atoms with Gasteiger partial charge in [-0.25, -0.2) is 12.7 Å². The van der Waals surface area contributed by atoms with Gasteiger partial charge in [-0.05, 0) is 54.2 Å². The number of nitrogens with one attached hydrogen (secondary N) is 3. The maximum atomic E-state index is 13.4. The molecule has 12 nitrogen and oxygen atoms in total. The molecule has 0 aliphatic heterocycles. The molecule has 0 fully saturated rings. The largest absolute Gasteiger partial charge is 0.493 e. The van der Waals surface area contributed by atoms with Gasteiger partial charge < -0.3 is 30.2 Å². The van der Waals surface area contributed by atoms with Gasteiger partial charge in [0.25, 0.3) is 0 Å². The third kappa shape index (κ3) is 7.71. The molecule has 3 rings (SSSR count). The van der Waals surface area contributed by atoms with E-state index in [1.54, 1.807) is 20.3 Å². The molecule has 2 aromatic carbocycles. The number of hydrogen-bond donors (Lipinski definition) is 3. The molecule has 0 saturated heterocycles. The zero-order valence-corrected chi connectivity index (χ0v) is 25.8. The van der Waals surface area contributed by atoms with Gasteiger partial charge in [0.15, 0.2) is 11.5 Å². The van der Waals surface area contributed by atoms with Crippen LogP contribution >= 0.6 is 0 Å². The third-order valence-corrected chi connectivity index (χ3v) is 8.88. The molecule has 3 N–H and O–H groups in total. The first-order chi connectivity index (χ1) is 19.9. The molecule has 1 aliphatic rings. The molecule has 0 aromatic heterocycles. The van der Waals surface area contributed by atoms with E-state index in [9.17, 15) is 22.8 Å². The number of methoxy groups -OCH3 is 3. The lowest BCUT2D eigenvalue weighted by molar-refractivity contribution is -0.121. The van der Waals surface area contributed by atoms with E-state index in [2.05, 4.69) is 16.0 Å². The summed E-state index contributed by atoms with van der Waals surface area (Å²) < 4.78 is 41.7. The molecular formula is C29H40N4O8S. The molecule has 0 bridgehead atoms. The maximum Gasteiger partial charge on any atom is 0.220 e. The molecule has 2 aromatic rings. The van der Waals surface area contributed by atoms with Gasteiger partial charge in [-0.2, -0.15) is 0 Å². The number of amides is 2. The summed E-state index contributed by atoms with van der Waals surface area (Å²) in [6.07, 6.45) is 1.73. The third-order valence-electron chi connectivity index (χ3n) is 7.05. The number of anilines is 1. The van der Waals surface area contributed by atoms with Gasteiger partial charge in [0.05, 0.1) is 38.8 Å². The van der Waals surface area contributed by atoms with Crippen molar-refractivity contribution >= 4 is 27.5 Å². The molecule has 0 unspecified atom stereocenters. The number of fused-ring (bicyclic) bond motifs is 3. The molecule has 0 radical (unpaired) electrons. The number of ether oxygens (including phenoxy) is 3. The maximum absolute atomic E-state index is 13.4. The van der Waals surface area contributed by atoms with E-state index in [4.69, 9.17) is 14.2 Å². The molecule has 0 saturated carbocycles. The average molecular weight is 605 g/mol. The number of carbonyl (C=O) groups excluding carboxylic acids is 2. The highest BCUT2D eigenvalue weighted by Crippen LogP contribution is 2.50. The van der Waals surface area contributed by atoms with Gasteiger partial charge in [-0.3, -0.25) is 14.4 Å². The van der Waals surface area contributed by atoms with Gasteiger partial charge in [0, 0.05) is 46.1 Å². The zero-order chi connectivity index (χ0) is 31.0. The fourth-order valence-electron chi connectivity index (χ4n) is 4.92. The van der Waals surface area contributed by atoms with Crippen LogP contribution < -0.4 is 35.6 Å². The molecule has 1 aliphatic carbocycles. The van der Waals surface area contributed by atoms with Crippen molar-refractivity contribution < 1.29 is 32.2 Å². The SMILES string of the molecule is COc1cc2c(c(OC)c1OC)-c1ccc(NCCCC(=O)NCCS(=O)(=O)N(C)C)c(=O)cc1[C@@H](NC(C)=O)CC2. The van der Waals surface area contributed by atoms with Crippen molar-refractivity contribution in [2.45, 2.75) is 38.6 Å². The summed E-state index contributed by atoms with van der Waals surface area (Å²) in [6.45, 7) is 1.80. The Balaban J connectivity index is 1.87. The predicted molar refractivity (Wildman–Crippen MR) is 161 cm³/mol. The number of sulfonamides is 1. The summed E-state index contributed by atoms with van der Waals surface area (Å²) >= 11 is 0. The Labute approximate surface area is 246 Å². The fraction of sp³-hybridized carbons (Fsp3) is 0.483. The van der Waals surface area contributed by atoms with Crippen molar-refractivity contribution in [1.82, 2.24) is 14.9 Å². The summed E-state index contributed by atoms with van der Waals surface area (Å²) in [6, 6.07) is 6.51. The topological polar surface area (TPSA) is 152 Å². The van der Waals surface area contributed by atoms with Gasteiger partial charge in [0.1, 0.15) is 0 Å². The summed E-state index contributed by atoms with van der Waals surface area (Å²) in [4.78, 5) is 37.6. The van der Waals surface area contributed by atoms with Crippen LogP contribution in [0.3, 0.4) is 0 Å². The van der Waals surface area contributed by atoms with E-state index in [0.29, 0.717) is 54.3 Å². The summed E-state index contributed by atoms with van der Waals surface area (Å²) in [5.74, 6) is 0.740. The van der Waals surface area contributed by atoms with Crippen LogP contribution in [0.25, 0.3) is 11.1 Å².